The van der Waals surface area contributed by atoms with Crippen molar-refractivity contribution in [2.75, 3.05) is 13.1 Å². The van der Waals surface area contributed by atoms with E-state index in [0.717, 1.165) is 25.9 Å². The third-order valence-corrected chi connectivity index (χ3v) is 6.21. The van der Waals surface area contributed by atoms with E-state index >= 15 is 0 Å². The molecule has 2 heterocycles. The first-order chi connectivity index (χ1) is 12.2. The molecule has 0 aliphatic carbocycles. The molecule has 134 valence electrons. The summed E-state index contributed by atoms with van der Waals surface area (Å²) < 4.78 is 0. The minimum absolute atomic E-state index is 0.0722. The Kier molecular flexibility index (Phi) is 6.65. The zero-order chi connectivity index (χ0) is 17.5. The van der Waals surface area contributed by atoms with Gasteiger partial charge in [0.15, 0.2) is 0 Å². The molecule has 1 aliphatic heterocycles. The van der Waals surface area contributed by atoms with Crippen LogP contribution < -0.4 is 10.6 Å². The third-order valence-electron chi connectivity index (χ3n) is 5.07. The van der Waals surface area contributed by atoms with Crippen LogP contribution in [0.25, 0.3) is 0 Å². The number of carbonyl (C=O) groups excluding carboxylic acids is 1. The van der Waals surface area contributed by atoms with Crippen molar-refractivity contribution in [1.82, 2.24) is 10.6 Å². The molecule has 1 amide bonds. The number of thiophene rings is 1. The molecule has 0 radical (unpaired) electrons. The van der Waals surface area contributed by atoms with Crippen molar-refractivity contribution < 1.29 is 4.79 Å². The summed E-state index contributed by atoms with van der Waals surface area (Å²) >= 11 is 1.74. The van der Waals surface area contributed by atoms with Gasteiger partial charge in [0.05, 0.1) is 6.04 Å². The highest BCUT2D eigenvalue weighted by atomic mass is 32.1. The molecule has 0 saturated carbocycles. The summed E-state index contributed by atoms with van der Waals surface area (Å²) in [6.07, 6.45) is 4.90. The standard InChI is InChI=1S/C21H28N2OS/c1-16-11-14-25-21(16)19(15-18-5-3-2-4-6-18)23-20(24)8-7-17-9-12-22-13-10-17/h2-6,11,14,17,19,22H,7-10,12-13,15H2,1H3,(H,23,24). The Morgan fingerprint density at radius 3 is 2.68 bits per heavy atom. The summed E-state index contributed by atoms with van der Waals surface area (Å²) in [4.78, 5) is 13.8. The molecule has 1 fully saturated rings. The van der Waals surface area contributed by atoms with Crippen molar-refractivity contribution in [3.63, 3.8) is 0 Å². The monoisotopic (exact) mass is 356 g/mol. The van der Waals surface area contributed by atoms with Crippen LogP contribution >= 0.6 is 11.3 Å². The number of amides is 1. The van der Waals surface area contributed by atoms with Gasteiger partial charge in [-0.1, -0.05) is 30.3 Å². The first-order valence-electron chi connectivity index (χ1n) is 9.30. The summed E-state index contributed by atoms with van der Waals surface area (Å²) in [6.45, 7) is 4.32. The lowest BCUT2D eigenvalue weighted by molar-refractivity contribution is -0.122. The van der Waals surface area contributed by atoms with Crippen molar-refractivity contribution >= 4 is 17.2 Å². The number of hydrogen-bond acceptors (Lipinski definition) is 3. The van der Waals surface area contributed by atoms with Gasteiger partial charge in [0.25, 0.3) is 0 Å². The molecule has 4 heteroatoms. The van der Waals surface area contributed by atoms with Crippen LogP contribution in [0.5, 0.6) is 0 Å². The molecule has 0 bridgehead atoms. The predicted molar refractivity (Wildman–Crippen MR) is 105 cm³/mol. The highest BCUT2D eigenvalue weighted by Crippen LogP contribution is 2.27. The van der Waals surface area contributed by atoms with E-state index in [9.17, 15) is 4.79 Å². The molecular formula is C21H28N2OS. The lowest BCUT2D eigenvalue weighted by Gasteiger charge is -2.23. The quantitative estimate of drug-likeness (QED) is 0.779. The van der Waals surface area contributed by atoms with Gasteiger partial charge < -0.3 is 10.6 Å². The second-order valence-corrected chi connectivity index (χ2v) is 7.96. The number of nitrogens with one attached hydrogen (secondary N) is 2. The van der Waals surface area contributed by atoms with E-state index in [2.05, 4.69) is 53.3 Å². The molecule has 0 spiro atoms. The maximum atomic E-state index is 12.6. The Hall–Kier alpha value is -1.65. The highest BCUT2D eigenvalue weighted by molar-refractivity contribution is 7.10. The van der Waals surface area contributed by atoms with Crippen LogP contribution in [0, 0.1) is 12.8 Å². The molecule has 3 rings (SSSR count). The fraction of sp³-hybridized carbons (Fsp3) is 0.476. The number of hydrogen-bond donors (Lipinski definition) is 2. The van der Waals surface area contributed by atoms with E-state index in [1.54, 1.807) is 11.3 Å². The number of piperidine rings is 1. The number of rotatable bonds is 7. The van der Waals surface area contributed by atoms with Crippen molar-refractivity contribution in [3.8, 4) is 0 Å². The summed E-state index contributed by atoms with van der Waals surface area (Å²) in [5.74, 6) is 0.885. The largest absolute Gasteiger partial charge is 0.348 e. The number of benzene rings is 1. The molecule has 1 aliphatic rings. The van der Waals surface area contributed by atoms with Gasteiger partial charge in [-0.15, -0.1) is 11.3 Å². The Balaban J connectivity index is 1.60. The average molecular weight is 357 g/mol. The Morgan fingerprint density at radius 1 is 1.24 bits per heavy atom. The fourth-order valence-corrected chi connectivity index (χ4v) is 4.55. The molecule has 2 N–H and O–H groups in total. The van der Waals surface area contributed by atoms with Crippen molar-refractivity contribution in [2.45, 2.75) is 45.1 Å². The van der Waals surface area contributed by atoms with E-state index in [1.165, 1.54) is 28.8 Å². The summed E-state index contributed by atoms with van der Waals surface area (Å²) in [7, 11) is 0. The second kappa shape index (κ2) is 9.16. The van der Waals surface area contributed by atoms with Crippen LogP contribution in [0.3, 0.4) is 0 Å². The molecule has 25 heavy (non-hydrogen) atoms. The summed E-state index contributed by atoms with van der Waals surface area (Å²) in [5.41, 5.74) is 2.53. The van der Waals surface area contributed by atoms with E-state index in [0.29, 0.717) is 12.3 Å². The van der Waals surface area contributed by atoms with E-state index < -0.39 is 0 Å². The minimum Gasteiger partial charge on any atom is -0.348 e. The van der Waals surface area contributed by atoms with Gasteiger partial charge in [0.2, 0.25) is 5.91 Å². The van der Waals surface area contributed by atoms with E-state index in [4.69, 9.17) is 0 Å². The molecule has 3 nitrogen and oxygen atoms in total. The Morgan fingerprint density at radius 2 is 2.00 bits per heavy atom. The van der Waals surface area contributed by atoms with Crippen LogP contribution in [-0.2, 0) is 11.2 Å². The third kappa shape index (κ3) is 5.41. The molecule has 1 unspecified atom stereocenters. The van der Waals surface area contributed by atoms with Crippen LogP contribution in [0.15, 0.2) is 41.8 Å². The lowest BCUT2D eigenvalue weighted by Crippen LogP contribution is -2.31. The zero-order valence-electron chi connectivity index (χ0n) is 15.0. The van der Waals surface area contributed by atoms with Gasteiger partial charge >= 0.3 is 0 Å². The van der Waals surface area contributed by atoms with Crippen molar-refractivity contribution in [2.24, 2.45) is 5.92 Å². The predicted octanol–water partition coefficient (Wildman–Crippen LogP) is 4.24. The normalized spacial score (nSPS) is 16.5. The maximum absolute atomic E-state index is 12.6. The van der Waals surface area contributed by atoms with Crippen LogP contribution in [0.1, 0.15) is 47.7 Å². The average Bonchev–Trinajstić information content (AvgIpc) is 3.07. The van der Waals surface area contributed by atoms with Crippen LogP contribution in [0.2, 0.25) is 0 Å². The SMILES string of the molecule is Cc1ccsc1C(Cc1ccccc1)NC(=O)CCC1CCNCC1. The molecule has 1 aromatic carbocycles. The Bertz CT molecular complexity index is 662. The second-order valence-electron chi connectivity index (χ2n) is 7.01. The minimum atomic E-state index is 0.0722. The first kappa shape index (κ1) is 18.2. The topological polar surface area (TPSA) is 41.1 Å². The highest BCUT2D eigenvalue weighted by Gasteiger charge is 2.20. The Labute approximate surface area is 154 Å². The van der Waals surface area contributed by atoms with E-state index in [-0.39, 0.29) is 11.9 Å². The molecule has 1 atom stereocenters. The van der Waals surface area contributed by atoms with Crippen LogP contribution in [-0.4, -0.2) is 19.0 Å². The van der Waals surface area contributed by atoms with Gasteiger partial charge in [0, 0.05) is 11.3 Å². The van der Waals surface area contributed by atoms with Gasteiger partial charge in [-0.2, -0.15) is 0 Å². The first-order valence-corrected chi connectivity index (χ1v) is 10.2. The van der Waals surface area contributed by atoms with Crippen LogP contribution in [0.4, 0.5) is 0 Å². The maximum Gasteiger partial charge on any atom is 0.220 e. The fourth-order valence-electron chi connectivity index (χ4n) is 3.57. The zero-order valence-corrected chi connectivity index (χ0v) is 15.8. The smallest absolute Gasteiger partial charge is 0.220 e. The van der Waals surface area contributed by atoms with Gasteiger partial charge in [-0.25, -0.2) is 0 Å². The molecule has 2 aromatic rings. The van der Waals surface area contributed by atoms with E-state index in [1.807, 2.05) is 6.07 Å². The van der Waals surface area contributed by atoms with Crippen molar-refractivity contribution in [1.29, 1.82) is 0 Å². The van der Waals surface area contributed by atoms with Gasteiger partial charge in [-0.05, 0) is 74.2 Å². The molecule has 1 aromatic heterocycles. The van der Waals surface area contributed by atoms with Gasteiger partial charge in [-0.3, -0.25) is 4.79 Å². The molecular weight excluding hydrogens is 328 g/mol. The summed E-state index contributed by atoms with van der Waals surface area (Å²) in [5, 5.41) is 8.81. The number of aryl methyl sites for hydroxylation is 1. The van der Waals surface area contributed by atoms with Gasteiger partial charge in [0.1, 0.15) is 0 Å². The van der Waals surface area contributed by atoms with Crippen molar-refractivity contribution in [3.05, 3.63) is 57.8 Å². The summed E-state index contributed by atoms with van der Waals surface area (Å²) in [6, 6.07) is 12.6. The molecule has 1 saturated heterocycles. The number of carbonyl (C=O) groups is 1. The lowest BCUT2D eigenvalue weighted by atomic mass is 9.93.